The van der Waals surface area contributed by atoms with Gasteiger partial charge in [0.25, 0.3) is 0 Å². The van der Waals surface area contributed by atoms with E-state index in [1.165, 1.54) is 0 Å². The molecule has 3 rings (SSSR count). The molecule has 0 heterocycles. The van der Waals surface area contributed by atoms with Crippen molar-refractivity contribution in [1.29, 1.82) is 0 Å². The Kier molecular flexibility index (Phi) is 6.89. The Bertz CT molecular complexity index is 1130. The number of benzene rings is 3. The molecule has 0 spiro atoms. The van der Waals surface area contributed by atoms with E-state index in [4.69, 9.17) is 5.73 Å². The van der Waals surface area contributed by atoms with Crippen molar-refractivity contribution in [3.05, 3.63) is 89.2 Å². The standard InChI is InChI=1S/C23H18F4N2O3/c24-19-8-15(9-20(11-19)32-22(31)23(25,26)27)13-29-12-14-4-6-16(7-5-14)17-2-1-3-18(10-17)21(28)30/h1-11,29H,12-13H2,(H2,28,30). The first-order valence-corrected chi connectivity index (χ1v) is 9.40. The van der Waals surface area contributed by atoms with Crippen LogP contribution in [0.3, 0.4) is 0 Å². The van der Waals surface area contributed by atoms with Crippen LogP contribution in [0.1, 0.15) is 21.5 Å². The predicted molar refractivity (Wildman–Crippen MR) is 109 cm³/mol. The van der Waals surface area contributed by atoms with Gasteiger partial charge < -0.3 is 15.8 Å². The van der Waals surface area contributed by atoms with E-state index in [1.807, 2.05) is 30.3 Å². The van der Waals surface area contributed by atoms with Crippen LogP contribution >= 0.6 is 0 Å². The summed E-state index contributed by atoms with van der Waals surface area (Å²) >= 11 is 0. The molecule has 0 aromatic heterocycles. The number of hydrogen-bond donors (Lipinski definition) is 2. The maximum absolute atomic E-state index is 13.7. The Morgan fingerprint density at radius 1 is 0.875 bits per heavy atom. The van der Waals surface area contributed by atoms with Crippen LogP contribution in [0.4, 0.5) is 17.6 Å². The Labute approximate surface area is 180 Å². The number of ether oxygens (including phenoxy) is 1. The molecule has 0 bridgehead atoms. The van der Waals surface area contributed by atoms with Gasteiger partial charge >= 0.3 is 12.1 Å². The molecule has 1 amide bonds. The minimum Gasteiger partial charge on any atom is -0.420 e. The van der Waals surface area contributed by atoms with Crippen LogP contribution in [0.15, 0.2) is 66.7 Å². The summed E-state index contributed by atoms with van der Waals surface area (Å²) in [5.74, 6) is -4.27. The highest BCUT2D eigenvalue weighted by Gasteiger charge is 2.41. The molecular formula is C23H18F4N2O3. The van der Waals surface area contributed by atoms with E-state index in [0.717, 1.165) is 28.8 Å². The van der Waals surface area contributed by atoms with Gasteiger partial charge in [-0.15, -0.1) is 0 Å². The summed E-state index contributed by atoms with van der Waals surface area (Å²) in [4.78, 5) is 22.3. The zero-order chi connectivity index (χ0) is 23.3. The lowest BCUT2D eigenvalue weighted by molar-refractivity contribution is -0.189. The van der Waals surface area contributed by atoms with Crippen molar-refractivity contribution in [2.24, 2.45) is 5.73 Å². The summed E-state index contributed by atoms with van der Waals surface area (Å²) < 4.78 is 54.8. The predicted octanol–water partition coefficient (Wildman–Crippen LogP) is 4.35. The summed E-state index contributed by atoms with van der Waals surface area (Å²) in [5.41, 5.74) is 8.65. The van der Waals surface area contributed by atoms with Crippen LogP contribution in [0.25, 0.3) is 11.1 Å². The van der Waals surface area contributed by atoms with Crippen molar-refractivity contribution in [2.45, 2.75) is 19.3 Å². The SMILES string of the molecule is NC(=O)c1cccc(-c2ccc(CNCc3cc(F)cc(OC(=O)C(F)(F)F)c3)cc2)c1. The monoisotopic (exact) mass is 446 g/mol. The van der Waals surface area contributed by atoms with E-state index in [1.54, 1.807) is 18.2 Å². The minimum atomic E-state index is -5.17. The molecule has 0 aliphatic rings. The van der Waals surface area contributed by atoms with E-state index in [0.29, 0.717) is 23.7 Å². The van der Waals surface area contributed by atoms with Crippen LogP contribution in [-0.2, 0) is 17.9 Å². The molecule has 3 aromatic carbocycles. The first-order chi connectivity index (χ1) is 15.1. The number of alkyl halides is 3. The third-order valence-corrected chi connectivity index (χ3v) is 4.47. The maximum Gasteiger partial charge on any atom is 0.491 e. The second-order valence-corrected chi connectivity index (χ2v) is 6.93. The van der Waals surface area contributed by atoms with Gasteiger partial charge in [0.15, 0.2) is 0 Å². The normalized spacial score (nSPS) is 11.2. The second kappa shape index (κ2) is 9.61. The smallest absolute Gasteiger partial charge is 0.420 e. The molecule has 0 saturated carbocycles. The Morgan fingerprint density at radius 3 is 2.22 bits per heavy atom. The average Bonchev–Trinajstić information content (AvgIpc) is 2.73. The van der Waals surface area contributed by atoms with Crippen molar-refractivity contribution in [3.8, 4) is 16.9 Å². The van der Waals surface area contributed by atoms with Crippen LogP contribution in [-0.4, -0.2) is 18.1 Å². The Balaban J connectivity index is 1.60. The van der Waals surface area contributed by atoms with Crippen molar-refractivity contribution < 1.29 is 31.9 Å². The minimum absolute atomic E-state index is 0.136. The fraction of sp³-hybridized carbons (Fsp3) is 0.130. The third-order valence-electron chi connectivity index (χ3n) is 4.47. The molecular weight excluding hydrogens is 428 g/mol. The fourth-order valence-corrected chi connectivity index (χ4v) is 2.96. The number of primary amides is 1. The number of carbonyl (C=O) groups excluding carboxylic acids is 2. The van der Waals surface area contributed by atoms with Gasteiger partial charge in [-0.2, -0.15) is 13.2 Å². The zero-order valence-electron chi connectivity index (χ0n) is 16.6. The Hall–Kier alpha value is -3.72. The lowest BCUT2D eigenvalue weighted by Gasteiger charge is -2.10. The van der Waals surface area contributed by atoms with E-state index in [2.05, 4.69) is 10.1 Å². The van der Waals surface area contributed by atoms with E-state index < -0.39 is 29.6 Å². The van der Waals surface area contributed by atoms with E-state index in [9.17, 15) is 27.2 Å². The third kappa shape index (κ3) is 6.14. The average molecular weight is 446 g/mol. The number of carbonyl (C=O) groups is 2. The number of halogens is 4. The summed E-state index contributed by atoms with van der Waals surface area (Å²) in [5, 5.41) is 3.05. The summed E-state index contributed by atoms with van der Waals surface area (Å²) in [6, 6.07) is 17.4. The lowest BCUT2D eigenvalue weighted by Crippen LogP contribution is -2.28. The van der Waals surface area contributed by atoms with Gasteiger partial charge in [0.1, 0.15) is 11.6 Å². The Morgan fingerprint density at radius 2 is 1.56 bits per heavy atom. The van der Waals surface area contributed by atoms with Crippen molar-refractivity contribution in [1.82, 2.24) is 5.32 Å². The molecule has 0 aliphatic carbocycles. The highest BCUT2D eigenvalue weighted by Crippen LogP contribution is 2.23. The molecule has 3 N–H and O–H groups in total. The summed E-state index contributed by atoms with van der Waals surface area (Å²) in [7, 11) is 0. The number of amides is 1. The van der Waals surface area contributed by atoms with Crippen molar-refractivity contribution >= 4 is 11.9 Å². The lowest BCUT2D eigenvalue weighted by atomic mass is 10.0. The van der Waals surface area contributed by atoms with Gasteiger partial charge in [0.2, 0.25) is 5.91 Å². The number of hydrogen-bond acceptors (Lipinski definition) is 4. The number of nitrogens with one attached hydrogen (secondary N) is 1. The first kappa shape index (κ1) is 23.0. The van der Waals surface area contributed by atoms with Gasteiger partial charge in [-0.3, -0.25) is 4.79 Å². The molecule has 0 radical (unpaired) electrons. The number of esters is 1. The largest absolute Gasteiger partial charge is 0.491 e. The quantitative estimate of drug-likeness (QED) is 0.321. The van der Waals surface area contributed by atoms with Gasteiger partial charge in [-0.25, -0.2) is 9.18 Å². The van der Waals surface area contributed by atoms with Crippen LogP contribution in [0, 0.1) is 5.82 Å². The van der Waals surface area contributed by atoms with E-state index >= 15 is 0 Å². The first-order valence-electron chi connectivity index (χ1n) is 9.40. The molecule has 0 saturated heterocycles. The summed E-state index contributed by atoms with van der Waals surface area (Å²) in [6.45, 7) is 0.534. The topological polar surface area (TPSA) is 81.4 Å². The van der Waals surface area contributed by atoms with E-state index in [-0.39, 0.29) is 6.54 Å². The molecule has 0 aliphatic heterocycles. The van der Waals surface area contributed by atoms with Crippen molar-refractivity contribution in [2.75, 3.05) is 0 Å². The molecule has 0 atom stereocenters. The number of nitrogens with two attached hydrogens (primary N) is 1. The maximum atomic E-state index is 13.7. The second-order valence-electron chi connectivity index (χ2n) is 6.93. The summed E-state index contributed by atoms with van der Waals surface area (Å²) in [6.07, 6.45) is -5.17. The highest BCUT2D eigenvalue weighted by atomic mass is 19.4. The van der Waals surface area contributed by atoms with Crippen LogP contribution in [0.2, 0.25) is 0 Å². The van der Waals surface area contributed by atoms with Gasteiger partial charge in [0, 0.05) is 24.7 Å². The highest BCUT2D eigenvalue weighted by molar-refractivity contribution is 5.94. The van der Waals surface area contributed by atoms with Crippen molar-refractivity contribution in [3.63, 3.8) is 0 Å². The molecule has 5 nitrogen and oxygen atoms in total. The fourth-order valence-electron chi connectivity index (χ4n) is 2.96. The molecule has 166 valence electrons. The molecule has 32 heavy (non-hydrogen) atoms. The van der Waals surface area contributed by atoms with Crippen LogP contribution < -0.4 is 15.8 Å². The van der Waals surface area contributed by atoms with Gasteiger partial charge in [-0.1, -0.05) is 36.4 Å². The number of rotatable bonds is 7. The molecule has 9 heteroatoms. The molecule has 0 unspecified atom stereocenters. The zero-order valence-corrected chi connectivity index (χ0v) is 16.6. The van der Waals surface area contributed by atoms with Gasteiger partial charge in [-0.05, 0) is 46.5 Å². The van der Waals surface area contributed by atoms with Crippen LogP contribution in [0.5, 0.6) is 5.75 Å². The van der Waals surface area contributed by atoms with Gasteiger partial charge in [0.05, 0.1) is 0 Å². The molecule has 0 fully saturated rings. The molecule has 3 aromatic rings.